The van der Waals surface area contributed by atoms with Gasteiger partial charge in [-0.15, -0.1) is 11.8 Å². The van der Waals surface area contributed by atoms with Gasteiger partial charge >= 0.3 is 10.1 Å². The maximum atomic E-state index is 13.1. The van der Waals surface area contributed by atoms with E-state index in [1.165, 1.54) is 0 Å². The molecule has 0 heterocycles. The van der Waals surface area contributed by atoms with E-state index in [0.29, 0.717) is 11.8 Å². The van der Waals surface area contributed by atoms with Crippen LogP contribution in [0.15, 0.2) is 9.79 Å². The molecule has 0 fully saturated rings. The van der Waals surface area contributed by atoms with Crippen LogP contribution in [0, 0.1) is 23.3 Å². The molecule has 0 aliphatic rings. The molecule has 0 radical (unpaired) electrons. The Morgan fingerprint density at radius 2 is 1.38 bits per heavy atom. The lowest BCUT2D eigenvalue weighted by atomic mass is 10.3. The normalized spacial score (nSPS) is 11.9. The maximum Gasteiger partial charge on any atom is 0.300 e. The summed E-state index contributed by atoms with van der Waals surface area (Å²) in [7, 11) is -5.37. The van der Waals surface area contributed by atoms with E-state index in [-0.39, 0.29) is 0 Å². The molecule has 9 heteroatoms. The molecule has 0 saturated carbocycles. The summed E-state index contributed by atoms with van der Waals surface area (Å²) in [4.78, 5) is -3.03. The predicted octanol–water partition coefficient (Wildman–Crippen LogP) is 2.21. The molecule has 0 unspecified atom stereocenters. The van der Waals surface area contributed by atoms with Gasteiger partial charge in [-0.25, -0.2) is 17.6 Å². The van der Waals surface area contributed by atoms with Crippen LogP contribution in [0.3, 0.4) is 0 Å². The Balaban J connectivity index is 3.82. The van der Waals surface area contributed by atoms with Gasteiger partial charge in [0.15, 0.2) is 28.2 Å². The van der Waals surface area contributed by atoms with Crippen LogP contribution in [0.1, 0.15) is 0 Å². The summed E-state index contributed by atoms with van der Waals surface area (Å²) in [5.41, 5.74) is 0. The van der Waals surface area contributed by atoms with Crippen LogP contribution in [0.2, 0.25) is 0 Å². The number of benzene rings is 1. The Labute approximate surface area is 92.2 Å². The molecule has 1 rings (SSSR count). The Morgan fingerprint density at radius 3 is 1.62 bits per heavy atom. The minimum absolute atomic E-state index is 0.363. The Bertz CT molecular complexity index is 512. The van der Waals surface area contributed by atoms with Crippen molar-refractivity contribution in [2.24, 2.45) is 0 Å². The van der Waals surface area contributed by atoms with Crippen molar-refractivity contribution in [1.29, 1.82) is 0 Å². The van der Waals surface area contributed by atoms with E-state index in [0.717, 1.165) is 6.26 Å². The van der Waals surface area contributed by atoms with Gasteiger partial charge in [0, 0.05) is 0 Å². The highest BCUT2D eigenvalue weighted by atomic mass is 32.2. The van der Waals surface area contributed by atoms with Gasteiger partial charge in [-0.05, 0) is 6.26 Å². The third-order valence-electron chi connectivity index (χ3n) is 1.64. The number of thioether (sulfide) groups is 1. The molecule has 0 atom stereocenters. The molecule has 0 amide bonds. The molecular weight excluding hydrogens is 272 g/mol. The monoisotopic (exact) mass is 276 g/mol. The number of rotatable bonds is 2. The van der Waals surface area contributed by atoms with Crippen molar-refractivity contribution in [3.63, 3.8) is 0 Å². The minimum Gasteiger partial charge on any atom is -0.282 e. The Morgan fingerprint density at radius 1 is 1.00 bits per heavy atom. The topological polar surface area (TPSA) is 54.4 Å². The number of hydrogen-bond donors (Lipinski definition) is 1. The molecule has 0 spiro atoms. The van der Waals surface area contributed by atoms with E-state index >= 15 is 0 Å². The summed E-state index contributed by atoms with van der Waals surface area (Å²) in [6, 6.07) is 0. The summed E-state index contributed by atoms with van der Waals surface area (Å²) < 4.78 is 81.7. The molecule has 90 valence electrons. The van der Waals surface area contributed by atoms with Crippen LogP contribution in [0.5, 0.6) is 0 Å². The molecule has 0 saturated heterocycles. The highest BCUT2D eigenvalue weighted by Crippen LogP contribution is 2.32. The third kappa shape index (κ3) is 2.02. The molecule has 16 heavy (non-hydrogen) atoms. The zero-order chi connectivity index (χ0) is 12.7. The van der Waals surface area contributed by atoms with Gasteiger partial charge in [-0.2, -0.15) is 8.42 Å². The molecule has 0 bridgehead atoms. The van der Waals surface area contributed by atoms with Crippen molar-refractivity contribution in [2.45, 2.75) is 9.79 Å². The minimum atomic E-state index is -5.37. The van der Waals surface area contributed by atoms with Crippen molar-refractivity contribution >= 4 is 21.9 Å². The summed E-state index contributed by atoms with van der Waals surface area (Å²) >= 11 is 0.363. The average molecular weight is 276 g/mol. The van der Waals surface area contributed by atoms with Crippen LogP contribution in [-0.2, 0) is 10.1 Å². The summed E-state index contributed by atoms with van der Waals surface area (Å²) in [6.07, 6.45) is 1.15. The highest BCUT2D eigenvalue weighted by Gasteiger charge is 2.31. The van der Waals surface area contributed by atoms with E-state index in [1.54, 1.807) is 0 Å². The Kier molecular flexibility index (Phi) is 3.50. The fourth-order valence-corrected chi connectivity index (χ4v) is 2.17. The zero-order valence-electron chi connectivity index (χ0n) is 7.59. The van der Waals surface area contributed by atoms with Crippen molar-refractivity contribution in [2.75, 3.05) is 6.26 Å². The first-order chi connectivity index (χ1) is 7.21. The molecule has 3 nitrogen and oxygen atoms in total. The van der Waals surface area contributed by atoms with E-state index in [9.17, 15) is 26.0 Å². The smallest absolute Gasteiger partial charge is 0.282 e. The third-order valence-corrected chi connectivity index (χ3v) is 3.29. The molecule has 1 N–H and O–H groups in total. The predicted molar refractivity (Wildman–Crippen MR) is 47.9 cm³/mol. The van der Waals surface area contributed by atoms with E-state index in [2.05, 4.69) is 0 Å². The highest BCUT2D eigenvalue weighted by molar-refractivity contribution is 7.98. The maximum absolute atomic E-state index is 13.1. The van der Waals surface area contributed by atoms with Crippen LogP contribution in [0.4, 0.5) is 17.6 Å². The van der Waals surface area contributed by atoms with Crippen LogP contribution in [-0.4, -0.2) is 19.2 Å². The van der Waals surface area contributed by atoms with Crippen molar-refractivity contribution in [1.82, 2.24) is 0 Å². The van der Waals surface area contributed by atoms with Gasteiger partial charge in [0.05, 0.1) is 4.90 Å². The second-order valence-electron chi connectivity index (χ2n) is 2.59. The van der Waals surface area contributed by atoms with Crippen LogP contribution < -0.4 is 0 Å². The molecule has 1 aromatic carbocycles. The van der Waals surface area contributed by atoms with Crippen molar-refractivity contribution in [3.05, 3.63) is 23.3 Å². The largest absolute Gasteiger partial charge is 0.300 e. The molecular formula is C7H4F4O3S2. The lowest BCUT2D eigenvalue weighted by molar-refractivity contribution is 0.384. The van der Waals surface area contributed by atoms with Gasteiger partial charge < -0.3 is 0 Å². The SMILES string of the molecule is CSc1c(F)c(F)c(S(=O)(=O)O)c(F)c1F. The lowest BCUT2D eigenvalue weighted by Gasteiger charge is -2.07. The molecule has 0 aromatic heterocycles. The first-order valence-corrected chi connectivity index (χ1v) is 6.25. The molecule has 1 aromatic rings. The van der Waals surface area contributed by atoms with Gasteiger partial charge in [-0.1, -0.05) is 0 Å². The van der Waals surface area contributed by atoms with Crippen LogP contribution >= 0.6 is 11.8 Å². The summed E-state index contributed by atoms with van der Waals surface area (Å²) in [5, 5.41) is 0. The second kappa shape index (κ2) is 4.22. The molecule has 0 aliphatic carbocycles. The van der Waals surface area contributed by atoms with Gasteiger partial charge in [0.25, 0.3) is 0 Å². The average Bonchev–Trinajstić information content (AvgIpc) is 2.14. The zero-order valence-corrected chi connectivity index (χ0v) is 9.23. The standard InChI is InChI=1S/C7H4F4O3S2/c1-15-6-2(8)4(10)7(16(12,13)14)5(11)3(6)9/h1H3,(H,12,13,14). The quantitative estimate of drug-likeness (QED) is 0.389. The van der Waals surface area contributed by atoms with Crippen LogP contribution in [0.25, 0.3) is 0 Å². The Hall–Kier alpha value is -0.800. The van der Waals surface area contributed by atoms with Gasteiger partial charge in [0.1, 0.15) is 0 Å². The first-order valence-electron chi connectivity index (χ1n) is 3.59. The van der Waals surface area contributed by atoms with E-state index in [4.69, 9.17) is 4.55 Å². The second-order valence-corrected chi connectivity index (χ2v) is 4.77. The van der Waals surface area contributed by atoms with Crippen molar-refractivity contribution in [3.8, 4) is 0 Å². The van der Waals surface area contributed by atoms with Gasteiger partial charge in [-0.3, -0.25) is 4.55 Å². The molecule has 0 aliphatic heterocycles. The fraction of sp³-hybridized carbons (Fsp3) is 0.143. The lowest BCUT2D eigenvalue weighted by Crippen LogP contribution is -2.11. The fourth-order valence-electron chi connectivity index (χ4n) is 0.997. The van der Waals surface area contributed by atoms with Crippen molar-refractivity contribution < 1.29 is 30.5 Å². The van der Waals surface area contributed by atoms with Gasteiger partial charge in [0.2, 0.25) is 0 Å². The van der Waals surface area contributed by atoms with E-state index < -0.39 is 43.2 Å². The first kappa shape index (κ1) is 13.3. The van der Waals surface area contributed by atoms with E-state index in [1.807, 2.05) is 0 Å². The number of halogens is 4. The summed E-state index contributed by atoms with van der Waals surface area (Å²) in [6.45, 7) is 0. The summed E-state index contributed by atoms with van der Waals surface area (Å²) in [5.74, 6) is -8.02. The number of hydrogen-bond acceptors (Lipinski definition) is 3.